The number of carbonyl (C=O) groups is 3. The molecular formula is C16H27NO6S. The zero-order valence-electron chi connectivity index (χ0n) is 14.4. The van der Waals surface area contributed by atoms with Crippen molar-refractivity contribution in [3.05, 3.63) is 0 Å². The summed E-state index contributed by atoms with van der Waals surface area (Å²) >= 11 is 1.40. The SMILES string of the molecule is CC(=O)O[C@H](OC(=O)NC[C@H](SC1CCCCC1)C(=O)O)C(C)C. The number of aliphatic carboxylic acids is 1. The van der Waals surface area contributed by atoms with E-state index in [0.717, 1.165) is 25.7 Å². The first kappa shape index (κ1) is 20.6. The number of alkyl carbamates (subject to hydrolysis) is 1. The third-order valence-electron chi connectivity index (χ3n) is 3.67. The highest BCUT2D eigenvalue weighted by Gasteiger charge is 2.26. The van der Waals surface area contributed by atoms with Crippen molar-refractivity contribution in [2.45, 2.75) is 69.7 Å². The van der Waals surface area contributed by atoms with Gasteiger partial charge in [-0.25, -0.2) is 4.79 Å². The van der Waals surface area contributed by atoms with Crippen LogP contribution in [0.15, 0.2) is 0 Å². The Morgan fingerprint density at radius 2 is 1.79 bits per heavy atom. The van der Waals surface area contributed by atoms with Gasteiger partial charge in [0.25, 0.3) is 6.29 Å². The second-order valence-electron chi connectivity index (χ2n) is 6.23. The van der Waals surface area contributed by atoms with Gasteiger partial charge in [-0.1, -0.05) is 33.1 Å². The molecule has 0 radical (unpaired) electrons. The van der Waals surface area contributed by atoms with E-state index in [0.29, 0.717) is 5.25 Å². The van der Waals surface area contributed by atoms with Gasteiger partial charge >= 0.3 is 18.0 Å². The minimum absolute atomic E-state index is 0.0276. The van der Waals surface area contributed by atoms with Crippen LogP contribution in [0.4, 0.5) is 4.79 Å². The molecule has 2 atom stereocenters. The summed E-state index contributed by atoms with van der Waals surface area (Å²) in [6.07, 6.45) is 3.70. The molecular weight excluding hydrogens is 334 g/mol. The molecule has 0 aromatic carbocycles. The first-order valence-corrected chi connectivity index (χ1v) is 9.23. The van der Waals surface area contributed by atoms with Crippen molar-refractivity contribution in [3.63, 3.8) is 0 Å². The molecule has 1 aliphatic rings. The standard InChI is InChI=1S/C16H27NO6S/c1-10(2)15(22-11(3)18)23-16(21)17-9-13(14(19)20)24-12-7-5-4-6-8-12/h10,12-13,15H,4-9H2,1-3H3,(H,17,21)(H,19,20)/t13-,15+/m0/s1. The second-order valence-corrected chi connectivity index (χ2v) is 7.74. The van der Waals surface area contributed by atoms with Crippen LogP contribution >= 0.6 is 11.8 Å². The van der Waals surface area contributed by atoms with E-state index >= 15 is 0 Å². The van der Waals surface area contributed by atoms with E-state index in [1.807, 2.05) is 0 Å². The number of thioether (sulfide) groups is 1. The topological polar surface area (TPSA) is 102 Å². The van der Waals surface area contributed by atoms with Gasteiger partial charge in [-0.05, 0) is 12.8 Å². The number of carbonyl (C=O) groups excluding carboxylic acids is 2. The second kappa shape index (κ2) is 10.4. The summed E-state index contributed by atoms with van der Waals surface area (Å²) in [6.45, 7) is 4.71. The summed E-state index contributed by atoms with van der Waals surface area (Å²) in [5.41, 5.74) is 0. The summed E-state index contributed by atoms with van der Waals surface area (Å²) in [5.74, 6) is -1.70. The van der Waals surface area contributed by atoms with E-state index in [-0.39, 0.29) is 12.5 Å². The zero-order chi connectivity index (χ0) is 18.1. The van der Waals surface area contributed by atoms with E-state index < -0.39 is 29.6 Å². The van der Waals surface area contributed by atoms with Crippen LogP contribution in [0.3, 0.4) is 0 Å². The van der Waals surface area contributed by atoms with Crippen LogP contribution in [0, 0.1) is 5.92 Å². The first-order chi connectivity index (χ1) is 11.3. The van der Waals surface area contributed by atoms with E-state index in [4.69, 9.17) is 9.47 Å². The average molecular weight is 361 g/mol. The summed E-state index contributed by atoms with van der Waals surface area (Å²) in [7, 11) is 0. The maximum absolute atomic E-state index is 11.8. The lowest BCUT2D eigenvalue weighted by molar-refractivity contribution is -0.172. The van der Waals surface area contributed by atoms with Gasteiger partial charge in [-0.2, -0.15) is 0 Å². The Morgan fingerprint density at radius 1 is 1.17 bits per heavy atom. The number of carboxylic acid groups (broad SMARTS) is 1. The van der Waals surface area contributed by atoms with Crippen molar-refractivity contribution < 1.29 is 29.0 Å². The Labute approximate surface area is 146 Å². The zero-order valence-corrected chi connectivity index (χ0v) is 15.3. The lowest BCUT2D eigenvalue weighted by Gasteiger charge is -2.25. The first-order valence-electron chi connectivity index (χ1n) is 8.29. The van der Waals surface area contributed by atoms with E-state index in [9.17, 15) is 19.5 Å². The molecule has 0 aromatic rings. The van der Waals surface area contributed by atoms with Crippen LogP contribution in [0.5, 0.6) is 0 Å². The summed E-state index contributed by atoms with van der Waals surface area (Å²) in [4.78, 5) is 34.2. The molecule has 0 heterocycles. The molecule has 0 aliphatic heterocycles. The average Bonchev–Trinajstić information content (AvgIpc) is 2.51. The molecule has 7 nitrogen and oxygen atoms in total. The van der Waals surface area contributed by atoms with E-state index in [1.54, 1.807) is 13.8 Å². The predicted octanol–water partition coefficient (Wildman–Crippen LogP) is 2.78. The fourth-order valence-electron chi connectivity index (χ4n) is 2.41. The van der Waals surface area contributed by atoms with E-state index in [1.165, 1.54) is 25.1 Å². The van der Waals surface area contributed by atoms with Crippen LogP contribution in [-0.4, -0.2) is 46.5 Å². The molecule has 1 saturated carbocycles. The highest BCUT2D eigenvalue weighted by molar-refractivity contribution is 8.01. The van der Waals surface area contributed by atoms with Crippen LogP contribution in [0.1, 0.15) is 52.9 Å². The number of esters is 1. The van der Waals surface area contributed by atoms with Crippen molar-refractivity contribution in [1.82, 2.24) is 5.32 Å². The lowest BCUT2D eigenvalue weighted by atomic mass is 10.0. The highest BCUT2D eigenvalue weighted by atomic mass is 32.2. The molecule has 0 aromatic heterocycles. The maximum Gasteiger partial charge on any atom is 0.410 e. The molecule has 1 fully saturated rings. The molecule has 0 spiro atoms. The monoisotopic (exact) mass is 361 g/mol. The third kappa shape index (κ3) is 7.90. The Kier molecular flexibility index (Phi) is 8.95. The van der Waals surface area contributed by atoms with Gasteiger partial charge in [0, 0.05) is 24.6 Å². The molecule has 0 saturated heterocycles. The molecule has 138 valence electrons. The molecule has 1 aliphatic carbocycles. The van der Waals surface area contributed by atoms with Crippen LogP contribution < -0.4 is 5.32 Å². The fourth-order valence-corrected chi connectivity index (χ4v) is 3.78. The van der Waals surface area contributed by atoms with Gasteiger partial charge in [0.2, 0.25) is 0 Å². The van der Waals surface area contributed by atoms with Gasteiger partial charge in [-0.15, -0.1) is 11.8 Å². The summed E-state index contributed by atoms with van der Waals surface area (Å²) in [6, 6.07) is 0. The summed E-state index contributed by atoms with van der Waals surface area (Å²) < 4.78 is 9.96. The van der Waals surface area contributed by atoms with Gasteiger partial charge in [0.1, 0.15) is 5.25 Å². The molecule has 2 N–H and O–H groups in total. The molecule has 0 bridgehead atoms. The highest BCUT2D eigenvalue weighted by Crippen LogP contribution is 2.31. The number of nitrogens with one attached hydrogen (secondary N) is 1. The van der Waals surface area contributed by atoms with Gasteiger partial charge in [0.15, 0.2) is 0 Å². The molecule has 1 rings (SSSR count). The Morgan fingerprint density at radius 3 is 2.29 bits per heavy atom. The number of rotatable bonds is 8. The normalized spacial score (nSPS) is 17.8. The minimum atomic E-state index is -0.989. The summed E-state index contributed by atoms with van der Waals surface area (Å²) in [5, 5.41) is 11.4. The van der Waals surface area contributed by atoms with E-state index in [2.05, 4.69) is 5.32 Å². The number of carboxylic acids is 1. The predicted molar refractivity (Wildman–Crippen MR) is 90.8 cm³/mol. The van der Waals surface area contributed by atoms with Crippen LogP contribution in [0.25, 0.3) is 0 Å². The third-order valence-corrected chi connectivity index (χ3v) is 5.22. The fraction of sp³-hybridized carbons (Fsp3) is 0.812. The van der Waals surface area contributed by atoms with Gasteiger partial charge in [0.05, 0.1) is 0 Å². The molecule has 8 heteroatoms. The smallest absolute Gasteiger partial charge is 0.410 e. The number of ether oxygens (including phenoxy) is 2. The molecule has 1 amide bonds. The molecule has 0 unspecified atom stereocenters. The van der Waals surface area contributed by atoms with Gasteiger partial charge < -0.3 is 19.9 Å². The van der Waals surface area contributed by atoms with Gasteiger partial charge in [-0.3, -0.25) is 9.59 Å². The maximum atomic E-state index is 11.8. The Balaban J connectivity index is 2.45. The van der Waals surface area contributed by atoms with Crippen molar-refractivity contribution in [2.24, 2.45) is 5.92 Å². The largest absolute Gasteiger partial charge is 0.480 e. The van der Waals surface area contributed by atoms with Crippen LogP contribution in [0.2, 0.25) is 0 Å². The van der Waals surface area contributed by atoms with Crippen molar-refractivity contribution in [2.75, 3.05) is 6.54 Å². The Hall–Kier alpha value is -1.44. The number of hydrogen-bond donors (Lipinski definition) is 2. The lowest BCUT2D eigenvalue weighted by Crippen LogP contribution is -2.39. The number of hydrogen-bond acceptors (Lipinski definition) is 6. The van der Waals surface area contributed by atoms with Crippen molar-refractivity contribution >= 4 is 29.8 Å². The quantitative estimate of drug-likeness (QED) is 0.506. The van der Waals surface area contributed by atoms with Crippen molar-refractivity contribution in [3.8, 4) is 0 Å². The Bertz CT molecular complexity index is 436. The van der Waals surface area contributed by atoms with Crippen molar-refractivity contribution in [1.29, 1.82) is 0 Å². The van der Waals surface area contributed by atoms with Crippen LogP contribution in [-0.2, 0) is 19.1 Å². The minimum Gasteiger partial charge on any atom is -0.480 e. The molecule has 24 heavy (non-hydrogen) atoms. The number of amides is 1.